The van der Waals surface area contributed by atoms with Gasteiger partial charge in [0.2, 0.25) is 5.89 Å². The number of non-ortho nitro benzene ring substituents is 1. The predicted octanol–water partition coefficient (Wildman–Crippen LogP) is 6.08. The zero-order valence-electron chi connectivity index (χ0n) is 18.0. The van der Waals surface area contributed by atoms with Crippen LogP contribution in [0.15, 0.2) is 71.1 Å². The Morgan fingerprint density at radius 1 is 1.15 bits per heavy atom. The van der Waals surface area contributed by atoms with Gasteiger partial charge in [-0.1, -0.05) is 30.3 Å². The number of nitrogens with zero attached hydrogens (tertiary/aromatic N) is 3. The summed E-state index contributed by atoms with van der Waals surface area (Å²) in [7, 11) is 0. The minimum atomic E-state index is -0.472. The Kier molecular flexibility index (Phi) is 5.26. The Morgan fingerprint density at radius 2 is 1.94 bits per heavy atom. The Labute approximate surface area is 190 Å². The van der Waals surface area contributed by atoms with Gasteiger partial charge in [0.1, 0.15) is 11.6 Å². The van der Waals surface area contributed by atoms with Crippen LogP contribution in [0.3, 0.4) is 0 Å². The van der Waals surface area contributed by atoms with E-state index in [1.807, 2.05) is 30.3 Å². The number of aromatic nitrogens is 1. The van der Waals surface area contributed by atoms with Crippen molar-refractivity contribution in [3.05, 3.63) is 88.3 Å². The van der Waals surface area contributed by atoms with Gasteiger partial charge >= 0.3 is 6.03 Å². The third-order valence-electron chi connectivity index (χ3n) is 5.99. The number of oxazole rings is 1. The molecule has 1 saturated heterocycles. The summed E-state index contributed by atoms with van der Waals surface area (Å²) in [6, 6.07) is 19.4. The number of benzene rings is 3. The van der Waals surface area contributed by atoms with Crippen LogP contribution < -0.4 is 5.32 Å². The summed E-state index contributed by atoms with van der Waals surface area (Å²) in [5, 5.41) is 13.6. The Morgan fingerprint density at radius 3 is 2.70 bits per heavy atom. The molecule has 166 valence electrons. The minimum absolute atomic E-state index is 0.0245. The maximum atomic E-state index is 12.9. The second-order valence-corrected chi connectivity index (χ2v) is 8.14. The molecule has 1 aliphatic heterocycles. The molecule has 1 aliphatic rings. The van der Waals surface area contributed by atoms with E-state index >= 15 is 0 Å². The summed E-state index contributed by atoms with van der Waals surface area (Å²) in [6.45, 7) is 2.66. The SMILES string of the molecule is Cc1ccccc1-c1ccc2oc([C@@H]3CCCN3C(=O)Nc3ccc([N+](=O)[O-])cc3)nc2c1. The smallest absolute Gasteiger partial charge is 0.322 e. The molecule has 2 amide bonds. The first-order valence-electron chi connectivity index (χ1n) is 10.8. The molecule has 2 heterocycles. The van der Waals surface area contributed by atoms with E-state index in [0.717, 1.165) is 29.5 Å². The van der Waals surface area contributed by atoms with Gasteiger partial charge in [-0.3, -0.25) is 10.1 Å². The first kappa shape index (κ1) is 20.7. The number of rotatable bonds is 4. The van der Waals surface area contributed by atoms with Crippen LogP contribution in [0, 0.1) is 17.0 Å². The van der Waals surface area contributed by atoms with Crippen molar-refractivity contribution in [3.63, 3.8) is 0 Å². The summed E-state index contributed by atoms with van der Waals surface area (Å²) in [6.07, 6.45) is 1.59. The average molecular weight is 442 g/mol. The van der Waals surface area contributed by atoms with Gasteiger partial charge in [-0.25, -0.2) is 9.78 Å². The van der Waals surface area contributed by atoms with Crippen molar-refractivity contribution in [2.45, 2.75) is 25.8 Å². The molecule has 1 fully saturated rings. The number of aryl methyl sites for hydroxylation is 1. The van der Waals surface area contributed by atoms with Crippen molar-refractivity contribution in [1.29, 1.82) is 0 Å². The summed E-state index contributed by atoms with van der Waals surface area (Å²) in [5.41, 5.74) is 5.32. The number of urea groups is 1. The number of fused-ring (bicyclic) bond motifs is 1. The van der Waals surface area contributed by atoms with Gasteiger partial charge in [-0.15, -0.1) is 0 Å². The molecular formula is C25H22N4O4. The molecule has 5 rings (SSSR count). The monoisotopic (exact) mass is 442 g/mol. The molecule has 0 aliphatic carbocycles. The zero-order valence-corrected chi connectivity index (χ0v) is 18.0. The van der Waals surface area contributed by atoms with Crippen LogP contribution in [0.25, 0.3) is 22.2 Å². The highest BCUT2D eigenvalue weighted by Gasteiger charge is 2.33. The van der Waals surface area contributed by atoms with Crippen molar-refractivity contribution < 1.29 is 14.1 Å². The van der Waals surface area contributed by atoms with Gasteiger partial charge in [0.05, 0.1) is 4.92 Å². The van der Waals surface area contributed by atoms with Crippen molar-refractivity contribution in [3.8, 4) is 11.1 Å². The van der Waals surface area contributed by atoms with Crippen LogP contribution in [0.2, 0.25) is 0 Å². The number of hydrogen-bond donors (Lipinski definition) is 1. The van der Waals surface area contributed by atoms with Crippen molar-refractivity contribution in [2.75, 3.05) is 11.9 Å². The molecule has 1 atom stereocenters. The van der Waals surface area contributed by atoms with Crippen molar-refractivity contribution in [1.82, 2.24) is 9.88 Å². The molecule has 3 aromatic carbocycles. The second kappa shape index (κ2) is 8.38. The van der Waals surface area contributed by atoms with Crippen LogP contribution in [0.1, 0.15) is 30.3 Å². The number of nitrogens with one attached hydrogen (secondary N) is 1. The molecule has 1 N–H and O–H groups in total. The fraction of sp³-hybridized carbons (Fsp3) is 0.200. The number of amides is 2. The molecule has 0 unspecified atom stereocenters. The molecule has 4 aromatic rings. The zero-order chi connectivity index (χ0) is 22.9. The summed E-state index contributed by atoms with van der Waals surface area (Å²) < 4.78 is 6.04. The lowest BCUT2D eigenvalue weighted by atomic mass is 10.0. The molecule has 0 bridgehead atoms. The number of nitro groups is 1. The molecular weight excluding hydrogens is 420 g/mol. The van der Waals surface area contributed by atoms with Crippen molar-refractivity contribution in [2.24, 2.45) is 0 Å². The highest BCUT2D eigenvalue weighted by molar-refractivity contribution is 5.90. The Hall–Kier alpha value is -4.20. The minimum Gasteiger partial charge on any atom is -0.438 e. The first-order chi connectivity index (χ1) is 16.0. The van der Waals surface area contributed by atoms with Crippen LogP contribution in [-0.4, -0.2) is 27.4 Å². The highest BCUT2D eigenvalue weighted by atomic mass is 16.6. The molecule has 8 heteroatoms. The Balaban J connectivity index is 1.37. The van der Waals surface area contributed by atoms with E-state index in [9.17, 15) is 14.9 Å². The average Bonchev–Trinajstić information content (AvgIpc) is 3.46. The van der Waals surface area contributed by atoms with Gasteiger partial charge in [0.15, 0.2) is 5.58 Å². The van der Waals surface area contributed by atoms with E-state index in [2.05, 4.69) is 24.4 Å². The van der Waals surface area contributed by atoms with E-state index in [1.165, 1.54) is 29.8 Å². The Bertz CT molecular complexity index is 1350. The fourth-order valence-electron chi connectivity index (χ4n) is 4.28. The van der Waals surface area contributed by atoms with E-state index in [4.69, 9.17) is 9.40 Å². The lowest BCUT2D eigenvalue weighted by molar-refractivity contribution is -0.384. The van der Waals surface area contributed by atoms with Crippen LogP contribution >= 0.6 is 0 Å². The topological polar surface area (TPSA) is 102 Å². The standard InChI is InChI=1S/C25H22N4O4/c1-16-5-2-3-6-20(16)17-8-13-23-21(15-17)27-24(33-23)22-7-4-14-28(22)25(30)26-18-9-11-19(12-10-18)29(31)32/h2-3,5-6,8-13,15,22H,4,7,14H2,1H3,(H,26,30)/t22-/m0/s1. The van der Waals surface area contributed by atoms with E-state index < -0.39 is 4.92 Å². The normalized spacial score (nSPS) is 15.7. The second-order valence-electron chi connectivity index (χ2n) is 8.14. The van der Waals surface area contributed by atoms with Crippen LogP contribution in [0.4, 0.5) is 16.2 Å². The van der Waals surface area contributed by atoms with E-state index in [-0.39, 0.29) is 17.8 Å². The number of hydrogen-bond acceptors (Lipinski definition) is 5. The molecule has 0 spiro atoms. The molecule has 33 heavy (non-hydrogen) atoms. The number of likely N-dealkylation sites (tertiary alicyclic amines) is 1. The number of carbonyl (C=O) groups excluding carboxylic acids is 1. The largest absolute Gasteiger partial charge is 0.438 e. The fourth-order valence-corrected chi connectivity index (χ4v) is 4.28. The predicted molar refractivity (Wildman–Crippen MR) is 125 cm³/mol. The first-order valence-corrected chi connectivity index (χ1v) is 10.8. The van der Waals surface area contributed by atoms with E-state index in [0.29, 0.717) is 23.7 Å². The van der Waals surface area contributed by atoms with Gasteiger partial charge in [0, 0.05) is 24.4 Å². The summed E-state index contributed by atoms with van der Waals surface area (Å²) in [5.74, 6) is 0.517. The maximum Gasteiger partial charge on any atom is 0.322 e. The van der Waals surface area contributed by atoms with E-state index in [1.54, 1.807) is 4.90 Å². The van der Waals surface area contributed by atoms with Crippen molar-refractivity contribution >= 4 is 28.5 Å². The molecule has 0 saturated carbocycles. The lowest BCUT2D eigenvalue weighted by Crippen LogP contribution is -2.34. The van der Waals surface area contributed by atoms with Gasteiger partial charge < -0.3 is 14.6 Å². The molecule has 0 radical (unpaired) electrons. The number of nitro benzene ring substituents is 1. The summed E-state index contributed by atoms with van der Waals surface area (Å²) in [4.78, 5) is 29.7. The van der Waals surface area contributed by atoms with Crippen LogP contribution in [0.5, 0.6) is 0 Å². The van der Waals surface area contributed by atoms with Gasteiger partial charge in [-0.05, 0) is 60.7 Å². The van der Waals surface area contributed by atoms with Gasteiger partial charge in [-0.2, -0.15) is 0 Å². The molecule has 1 aromatic heterocycles. The lowest BCUT2D eigenvalue weighted by Gasteiger charge is -2.22. The number of anilines is 1. The van der Waals surface area contributed by atoms with Crippen LogP contribution in [-0.2, 0) is 0 Å². The third-order valence-corrected chi connectivity index (χ3v) is 5.99. The number of carbonyl (C=O) groups is 1. The third kappa shape index (κ3) is 4.03. The quantitative estimate of drug-likeness (QED) is 0.305. The highest BCUT2D eigenvalue weighted by Crippen LogP contribution is 2.35. The maximum absolute atomic E-state index is 12.9. The summed E-state index contributed by atoms with van der Waals surface area (Å²) >= 11 is 0. The van der Waals surface area contributed by atoms with Gasteiger partial charge in [0.25, 0.3) is 5.69 Å². The molecule has 8 nitrogen and oxygen atoms in total.